The molecule has 0 aromatic rings. The fourth-order valence-electron chi connectivity index (χ4n) is 2.06. The van der Waals surface area contributed by atoms with E-state index in [1.54, 1.807) is 12.2 Å². The molecule has 0 saturated heterocycles. The number of ether oxygens (including phenoxy) is 2. The van der Waals surface area contributed by atoms with Crippen molar-refractivity contribution < 1.29 is 14.3 Å². The largest absolute Gasteiger partial charge is 0.435 e. The maximum atomic E-state index is 10.5. The van der Waals surface area contributed by atoms with Crippen molar-refractivity contribution in [3.8, 4) is 0 Å². The highest BCUT2D eigenvalue weighted by atomic mass is 29.2. The van der Waals surface area contributed by atoms with E-state index in [2.05, 4.69) is 19.7 Å². The van der Waals surface area contributed by atoms with Gasteiger partial charge in [0.15, 0.2) is 7.83 Å². The Morgan fingerprint density at radius 3 is 2.10 bits per heavy atom. The molecule has 0 radical (unpaired) electrons. The van der Waals surface area contributed by atoms with Crippen LogP contribution in [0.2, 0.25) is 18.6 Å². The fourth-order valence-corrected chi connectivity index (χ4v) is 9.22. The molecule has 0 aliphatic carbocycles. The summed E-state index contributed by atoms with van der Waals surface area (Å²) < 4.78 is 10.7. The molecule has 118 valence electrons. The van der Waals surface area contributed by atoms with Crippen LogP contribution in [0.15, 0.2) is 25.3 Å². The smallest absolute Gasteiger partial charge is 0.165 e. The molecule has 0 aliphatic heterocycles. The van der Waals surface area contributed by atoms with Crippen LogP contribution in [0.3, 0.4) is 0 Å². The molecule has 1 atom stereocenters. The molecule has 0 fully saturated rings. The Hall–Kier alpha value is -0.206. The van der Waals surface area contributed by atoms with Gasteiger partial charge in [0, 0.05) is 22.3 Å². The highest BCUT2D eigenvalue weighted by molar-refractivity contribution is 7.20. The minimum atomic E-state index is -1.84. The Kier molecular flexibility index (Phi) is 13.6. The number of hydrogen-bond donors (Lipinski definition) is 1. The van der Waals surface area contributed by atoms with Gasteiger partial charge in [-0.2, -0.15) is 0 Å². The summed E-state index contributed by atoms with van der Waals surface area (Å²) >= 11 is 0. The van der Waals surface area contributed by atoms with E-state index < -0.39 is 7.83 Å². The van der Waals surface area contributed by atoms with Gasteiger partial charge in [-0.05, 0) is 25.4 Å². The van der Waals surface area contributed by atoms with Crippen LogP contribution < -0.4 is 0 Å². The van der Waals surface area contributed by atoms with Crippen LogP contribution in [-0.4, -0.2) is 48.1 Å². The van der Waals surface area contributed by atoms with E-state index in [0.29, 0.717) is 13.2 Å². The average Bonchev–Trinajstić information content (AvgIpc) is 2.41. The summed E-state index contributed by atoms with van der Waals surface area (Å²) in [6.07, 6.45) is 8.03. The van der Waals surface area contributed by atoms with Crippen LogP contribution in [0.1, 0.15) is 25.7 Å². The minimum Gasteiger partial charge on any atom is -0.435 e. The summed E-state index contributed by atoms with van der Waals surface area (Å²) in [7, 11) is -2.12. The monoisotopic (exact) mass is 316 g/mol. The SMILES string of the molecule is C=CCOCCCC[SiH2][Si](C)(O)CCCCOCC=C. The first-order valence-corrected chi connectivity index (χ1v) is 13.7. The Balaban J connectivity index is 3.39. The lowest BCUT2D eigenvalue weighted by Crippen LogP contribution is -2.38. The van der Waals surface area contributed by atoms with Crippen molar-refractivity contribution in [2.75, 3.05) is 26.4 Å². The first kappa shape index (κ1) is 19.8. The van der Waals surface area contributed by atoms with Gasteiger partial charge in [0.25, 0.3) is 0 Å². The quantitative estimate of drug-likeness (QED) is 0.287. The second kappa shape index (κ2) is 13.8. The van der Waals surface area contributed by atoms with Crippen molar-refractivity contribution >= 4 is 16.9 Å². The van der Waals surface area contributed by atoms with Crippen molar-refractivity contribution in [1.82, 2.24) is 0 Å². The maximum absolute atomic E-state index is 10.5. The van der Waals surface area contributed by atoms with Crippen molar-refractivity contribution in [2.45, 2.75) is 44.3 Å². The van der Waals surface area contributed by atoms with E-state index in [4.69, 9.17) is 9.47 Å². The maximum Gasteiger partial charge on any atom is 0.165 e. The minimum absolute atomic E-state index is 0.282. The van der Waals surface area contributed by atoms with Gasteiger partial charge in [0.05, 0.1) is 13.2 Å². The molecule has 20 heavy (non-hydrogen) atoms. The standard InChI is InChI=1S/C15H32O3Si2/c1-4-10-17-12-6-8-14-19-20(3,16)15-9-7-13-18-11-5-2/h4-5,16H,1-2,6-15,19H2,3H3. The molecule has 0 saturated carbocycles. The Morgan fingerprint density at radius 1 is 1.00 bits per heavy atom. The molecule has 1 unspecified atom stereocenters. The van der Waals surface area contributed by atoms with Crippen LogP contribution in [-0.2, 0) is 9.47 Å². The van der Waals surface area contributed by atoms with Crippen LogP contribution in [0.25, 0.3) is 0 Å². The molecular weight excluding hydrogens is 284 g/mol. The predicted molar refractivity (Wildman–Crippen MR) is 92.5 cm³/mol. The number of rotatable bonds is 15. The van der Waals surface area contributed by atoms with Crippen LogP contribution >= 0.6 is 0 Å². The summed E-state index contributed by atoms with van der Waals surface area (Å²) in [6.45, 7) is 12.3. The van der Waals surface area contributed by atoms with Gasteiger partial charge >= 0.3 is 0 Å². The first-order chi connectivity index (χ1) is 9.62. The van der Waals surface area contributed by atoms with Crippen LogP contribution in [0.4, 0.5) is 0 Å². The molecule has 0 spiro atoms. The Morgan fingerprint density at radius 2 is 1.55 bits per heavy atom. The molecule has 0 amide bonds. The third-order valence-electron chi connectivity index (χ3n) is 3.23. The highest BCUT2D eigenvalue weighted by Gasteiger charge is 2.23. The molecule has 5 heteroatoms. The van der Waals surface area contributed by atoms with Gasteiger partial charge in [-0.15, -0.1) is 13.2 Å². The van der Waals surface area contributed by atoms with E-state index in [9.17, 15) is 4.80 Å². The zero-order valence-corrected chi connectivity index (χ0v) is 15.5. The molecule has 0 rings (SSSR count). The number of unbranched alkanes of at least 4 members (excludes halogenated alkanes) is 2. The third-order valence-corrected chi connectivity index (χ3v) is 11.9. The predicted octanol–water partition coefficient (Wildman–Crippen LogP) is 2.60. The van der Waals surface area contributed by atoms with Crippen molar-refractivity contribution in [2.24, 2.45) is 0 Å². The molecule has 0 aromatic heterocycles. The zero-order valence-electron chi connectivity index (χ0n) is 13.1. The summed E-state index contributed by atoms with van der Waals surface area (Å²) in [4.78, 5) is 10.5. The average molecular weight is 317 g/mol. The summed E-state index contributed by atoms with van der Waals surface area (Å²) in [6, 6.07) is 2.30. The lowest BCUT2D eigenvalue weighted by Gasteiger charge is -2.19. The van der Waals surface area contributed by atoms with Gasteiger partial charge in [-0.3, -0.25) is 0 Å². The zero-order chi connectivity index (χ0) is 15.1. The second-order valence-electron chi connectivity index (χ2n) is 5.49. The molecule has 0 aromatic carbocycles. The van der Waals surface area contributed by atoms with Crippen LogP contribution in [0.5, 0.6) is 0 Å². The second-order valence-corrected chi connectivity index (χ2v) is 16.3. The third kappa shape index (κ3) is 14.2. The van der Waals surface area contributed by atoms with Crippen LogP contribution in [0, 0.1) is 0 Å². The highest BCUT2D eigenvalue weighted by Crippen LogP contribution is 2.12. The summed E-state index contributed by atoms with van der Waals surface area (Å²) in [5.74, 6) is 0. The van der Waals surface area contributed by atoms with E-state index in [1.165, 1.54) is 12.5 Å². The molecular formula is C15H32O3Si2. The van der Waals surface area contributed by atoms with Gasteiger partial charge < -0.3 is 14.3 Å². The van der Waals surface area contributed by atoms with Gasteiger partial charge in [-0.1, -0.05) is 31.0 Å². The summed E-state index contributed by atoms with van der Waals surface area (Å²) in [5, 5.41) is 0. The van der Waals surface area contributed by atoms with E-state index >= 15 is 0 Å². The lowest BCUT2D eigenvalue weighted by atomic mass is 10.4. The van der Waals surface area contributed by atoms with Crippen molar-refractivity contribution in [1.29, 1.82) is 0 Å². The van der Waals surface area contributed by atoms with Crippen molar-refractivity contribution in [3.05, 3.63) is 25.3 Å². The first-order valence-electron chi connectivity index (χ1n) is 7.72. The Labute approximate surface area is 127 Å². The Bertz CT molecular complexity index is 245. The normalized spacial score (nSPS) is 14.5. The summed E-state index contributed by atoms with van der Waals surface area (Å²) in [5.41, 5.74) is 0. The molecule has 0 heterocycles. The van der Waals surface area contributed by atoms with Gasteiger partial charge in [0.2, 0.25) is 0 Å². The topological polar surface area (TPSA) is 38.7 Å². The number of hydrogen-bond acceptors (Lipinski definition) is 3. The van der Waals surface area contributed by atoms with Gasteiger partial charge in [-0.25, -0.2) is 0 Å². The van der Waals surface area contributed by atoms with E-state index in [1.807, 2.05) is 0 Å². The van der Waals surface area contributed by atoms with Gasteiger partial charge in [0.1, 0.15) is 0 Å². The lowest BCUT2D eigenvalue weighted by molar-refractivity contribution is 0.159. The van der Waals surface area contributed by atoms with Crippen molar-refractivity contribution in [3.63, 3.8) is 0 Å². The molecule has 3 nitrogen and oxygen atoms in total. The van der Waals surface area contributed by atoms with E-state index in [-0.39, 0.29) is 9.04 Å². The molecule has 1 N–H and O–H groups in total. The van der Waals surface area contributed by atoms with E-state index in [0.717, 1.165) is 38.5 Å². The molecule has 0 aliphatic rings. The fraction of sp³-hybridized carbons (Fsp3) is 0.733. The molecule has 0 bridgehead atoms.